The quantitative estimate of drug-likeness (QED) is 0.877. The zero-order valence-corrected chi connectivity index (χ0v) is 13.6. The third-order valence-corrected chi connectivity index (χ3v) is 4.27. The van der Waals surface area contributed by atoms with Crippen LogP contribution >= 0.6 is 11.3 Å². The first kappa shape index (κ1) is 15.7. The fourth-order valence-corrected chi connectivity index (χ4v) is 3.01. The molecule has 21 heavy (non-hydrogen) atoms. The maximum absolute atomic E-state index is 12.2. The van der Waals surface area contributed by atoms with Gasteiger partial charge in [0.05, 0.1) is 6.54 Å². The number of benzene rings is 1. The zero-order valence-electron chi connectivity index (χ0n) is 12.8. The first-order valence-electron chi connectivity index (χ1n) is 7.19. The molecule has 2 aromatic rings. The van der Waals surface area contributed by atoms with Crippen molar-refractivity contribution in [1.82, 2.24) is 4.90 Å². The van der Waals surface area contributed by atoms with Gasteiger partial charge in [-0.2, -0.15) is 0 Å². The van der Waals surface area contributed by atoms with Crippen LogP contribution in [-0.2, 0) is 11.3 Å². The molecule has 2 rings (SSSR count). The number of hydrogen-bond acceptors (Lipinski definition) is 3. The van der Waals surface area contributed by atoms with Crippen molar-refractivity contribution in [2.45, 2.75) is 33.4 Å². The molecule has 0 spiro atoms. The molecule has 0 aliphatic carbocycles. The molecule has 1 heterocycles. The van der Waals surface area contributed by atoms with Crippen molar-refractivity contribution < 1.29 is 4.79 Å². The Morgan fingerprint density at radius 3 is 2.48 bits per heavy atom. The van der Waals surface area contributed by atoms with Gasteiger partial charge in [0.25, 0.3) is 0 Å². The van der Waals surface area contributed by atoms with Crippen LogP contribution in [0.1, 0.15) is 23.6 Å². The summed E-state index contributed by atoms with van der Waals surface area (Å²) in [7, 11) is 0. The maximum Gasteiger partial charge on any atom is 0.238 e. The Morgan fingerprint density at radius 2 is 1.90 bits per heavy atom. The first-order valence-corrected chi connectivity index (χ1v) is 8.00. The lowest BCUT2D eigenvalue weighted by atomic mass is 10.2. The zero-order chi connectivity index (χ0) is 15.2. The molecule has 0 aliphatic heterocycles. The molecule has 1 N–H and O–H groups in total. The van der Waals surface area contributed by atoms with E-state index in [0.29, 0.717) is 12.6 Å². The molecule has 0 bridgehead atoms. The average molecular weight is 302 g/mol. The van der Waals surface area contributed by atoms with Gasteiger partial charge < -0.3 is 5.32 Å². The van der Waals surface area contributed by atoms with E-state index in [2.05, 4.69) is 43.1 Å². The maximum atomic E-state index is 12.2. The lowest BCUT2D eigenvalue weighted by molar-refractivity contribution is -0.117. The van der Waals surface area contributed by atoms with E-state index in [0.717, 1.165) is 12.2 Å². The number of thiophene rings is 1. The standard InChI is InChI=1S/C17H22N2OS/c1-13(2)19(11-16-10-9-14(3)21-16)12-17(20)18-15-7-5-4-6-8-15/h4-10,13H,11-12H2,1-3H3,(H,18,20). The molecule has 3 nitrogen and oxygen atoms in total. The van der Waals surface area contributed by atoms with Crippen LogP contribution in [0.25, 0.3) is 0 Å². The fourth-order valence-electron chi connectivity index (χ4n) is 2.10. The van der Waals surface area contributed by atoms with E-state index in [-0.39, 0.29) is 5.91 Å². The largest absolute Gasteiger partial charge is 0.325 e. The van der Waals surface area contributed by atoms with Gasteiger partial charge in [0.15, 0.2) is 0 Å². The molecule has 1 aromatic heterocycles. The molecule has 0 unspecified atom stereocenters. The summed E-state index contributed by atoms with van der Waals surface area (Å²) in [4.78, 5) is 17.0. The average Bonchev–Trinajstić information content (AvgIpc) is 2.84. The van der Waals surface area contributed by atoms with Crippen molar-refractivity contribution in [3.63, 3.8) is 0 Å². The Labute approximate surface area is 130 Å². The second-order valence-electron chi connectivity index (χ2n) is 5.43. The predicted octanol–water partition coefficient (Wildman–Crippen LogP) is 3.91. The first-order chi connectivity index (χ1) is 10.0. The Balaban J connectivity index is 1.94. The summed E-state index contributed by atoms with van der Waals surface area (Å²) in [5, 5.41) is 2.94. The van der Waals surface area contributed by atoms with Crippen molar-refractivity contribution in [2.24, 2.45) is 0 Å². The fraction of sp³-hybridized carbons (Fsp3) is 0.353. The highest BCUT2D eigenvalue weighted by Crippen LogP contribution is 2.18. The molecular weight excluding hydrogens is 280 g/mol. The lowest BCUT2D eigenvalue weighted by Gasteiger charge is -2.25. The van der Waals surface area contributed by atoms with E-state index in [1.807, 2.05) is 30.3 Å². The predicted molar refractivity (Wildman–Crippen MR) is 89.7 cm³/mol. The smallest absolute Gasteiger partial charge is 0.238 e. The summed E-state index contributed by atoms with van der Waals surface area (Å²) >= 11 is 1.79. The number of carbonyl (C=O) groups excluding carboxylic acids is 1. The van der Waals surface area contributed by atoms with E-state index in [1.54, 1.807) is 11.3 Å². The molecular formula is C17H22N2OS. The second kappa shape index (κ2) is 7.38. The summed E-state index contributed by atoms with van der Waals surface area (Å²) in [6.07, 6.45) is 0. The number of aryl methyl sites for hydroxylation is 1. The van der Waals surface area contributed by atoms with Crippen molar-refractivity contribution >= 4 is 22.9 Å². The van der Waals surface area contributed by atoms with Crippen molar-refractivity contribution in [3.05, 3.63) is 52.2 Å². The number of nitrogens with zero attached hydrogens (tertiary/aromatic N) is 1. The molecule has 1 aromatic carbocycles. The summed E-state index contributed by atoms with van der Waals surface area (Å²) in [5.74, 6) is 0.0307. The normalized spacial score (nSPS) is 11.1. The van der Waals surface area contributed by atoms with Gasteiger partial charge in [-0.3, -0.25) is 9.69 Å². The number of carbonyl (C=O) groups is 1. The second-order valence-corrected chi connectivity index (χ2v) is 6.80. The van der Waals surface area contributed by atoms with Crippen molar-refractivity contribution in [1.29, 1.82) is 0 Å². The Bertz CT molecular complexity index is 577. The van der Waals surface area contributed by atoms with Crippen LogP contribution in [0.15, 0.2) is 42.5 Å². The van der Waals surface area contributed by atoms with E-state index in [1.165, 1.54) is 9.75 Å². The Hall–Kier alpha value is -1.65. The van der Waals surface area contributed by atoms with Gasteiger partial charge in [-0.25, -0.2) is 0 Å². The third kappa shape index (κ3) is 4.99. The third-order valence-electron chi connectivity index (χ3n) is 3.29. The van der Waals surface area contributed by atoms with E-state index in [9.17, 15) is 4.79 Å². The minimum Gasteiger partial charge on any atom is -0.325 e. The monoisotopic (exact) mass is 302 g/mol. The van der Waals surface area contributed by atoms with Gasteiger partial charge in [0.1, 0.15) is 0 Å². The molecule has 0 aliphatic rings. The highest BCUT2D eigenvalue weighted by Gasteiger charge is 2.15. The molecule has 4 heteroatoms. The van der Waals surface area contributed by atoms with Crippen LogP contribution in [0, 0.1) is 6.92 Å². The number of para-hydroxylation sites is 1. The Kier molecular flexibility index (Phi) is 5.53. The highest BCUT2D eigenvalue weighted by molar-refractivity contribution is 7.11. The van der Waals surface area contributed by atoms with E-state index >= 15 is 0 Å². The number of amides is 1. The molecule has 0 radical (unpaired) electrons. The van der Waals surface area contributed by atoms with Crippen LogP contribution in [0.4, 0.5) is 5.69 Å². The molecule has 0 fully saturated rings. The molecule has 0 saturated heterocycles. The topological polar surface area (TPSA) is 32.3 Å². The van der Waals surface area contributed by atoms with Crippen molar-refractivity contribution in [2.75, 3.05) is 11.9 Å². The van der Waals surface area contributed by atoms with Gasteiger partial charge in [-0.15, -0.1) is 11.3 Å². The van der Waals surface area contributed by atoms with Crippen LogP contribution in [0.3, 0.4) is 0 Å². The van der Waals surface area contributed by atoms with Crippen LogP contribution in [0.2, 0.25) is 0 Å². The molecule has 1 amide bonds. The summed E-state index contributed by atoms with van der Waals surface area (Å²) in [6.45, 7) is 7.57. The van der Waals surface area contributed by atoms with Gasteiger partial charge in [-0.1, -0.05) is 18.2 Å². The molecule has 112 valence electrons. The van der Waals surface area contributed by atoms with E-state index < -0.39 is 0 Å². The minimum atomic E-state index is 0.0307. The van der Waals surface area contributed by atoms with E-state index in [4.69, 9.17) is 0 Å². The van der Waals surface area contributed by atoms with Crippen LogP contribution in [-0.4, -0.2) is 23.4 Å². The summed E-state index contributed by atoms with van der Waals surface area (Å²) in [6, 6.07) is 14.2. The van der Waals surface area contributed by atoms with Gasteiger partial charge in [0.2, 0.25) is 5.91 Å². The highest BCUT2D eigenvalue weighted by atomic mass is 32.1. The summed E-state index contributed by atoms with van der Waals surface area (Å²) < 4.78 is 0. The SMILES string of the molecule is Cc1ccc(CN(CC(=O)Nc2ccccc2)C(C)C)s1. The van der Waals surface area contributed by atoms with Crippen LogP contribution in [0.5, 0.6) is 0 Å². The molecule has 0 saturated carbocycles. The van der Waals surface area contributed by atoms with Gasteiger partial charge in [0, 0.05) is 28.0 Å². The number of nitrogens with one attached hydrogen (secondary N) is 1. The van der Waals surface area contributed by atoms with Crippen LogP contribution < -0.4 is 5.32 Å². The number of rotatable bonds is 6. The van der Waals surface area contributed by atoms with Gasteiger partial charge >= 0.3 is 0 Å². The Morgan fingerprint density at radius 1 is 1.19 bits per heavy atom. The minimum absolute atomic E-state index is 0.0307. The number of hydrogen-bond donors (Lipinski definition) is 1. The lowest BCUT2D eigenvalue weighted by Crippen LogP contribution is -2.37. The number of anilines is 1. The molecule has 0 atom stereocenters. The van der Waals surface area contributed by atoms with Gasteiger partial charge in [-0.05, 0) is 45.0 Å². The summed E-state index contributed by atoms with van der Waals surface area (Å²) in [5.41, 5.74) is 0.846. The van der Waals surface area contributed by atoms with Crippen molar-refractivity contribution in [3.8, 4) is 0 Å².